The van der Waals surface area contributed by atoms with E-state index in [-0.39, 0.29) is 18.5 Å². The van der Waals surface area contributed by atoms with Crippen molar-refractivity contribution in [3.8, 4) is 6.07 Å². The third-order valence-corrected chi connectivity index (χ3v) is 3.67. The normalized spacial score (nSPS) is 10.2. The second-order valence-corrected chi connectivity index (χ2v) is 5.27. The summed E-state index contributed by atoms with van der Waals surface area (Å²) in [5.41, 5.74) is 1.33. The molecule has 0 spiro atoms. The van der Waals surface area contributed by atoms with Crippen molar-refractivity contribution in [2.24, 2.45) is 7.05 Å². The molecule has 0 saturated heterocycles. The molecule has 0 bridgehead atoms. The fraction of sp³-hybridized carbons (Fsp3) is 0.294. The number of aryl methyl sites for hydroxylation is 1. The van der Waals surface area contributed by atoms with Crippen LogP contribution in [0.3, 0.4) is 0 Å². The van der Waals surface area contributed by atoms with Crippen LogP contribution in [-0.4, -0.2) is 34.8 Å². The van der Waals surface area contributed by atoms with Crippen molar-refractivity contribution in [3.05, 3.63) is 47.5 Å². The number of aromatic nitrogens is 2. The Bertz CT molecular complexity index is 808. The standard InChI is InChI=1S/C17H17FN4O3/c1-12-15(10-20-21(12)2)17(24)25-11-16(23)22(9-3-8-19)14-6-4-13(18)5-7-14/h4-7,10H,3,9,11H2,1-2H3. The average molecular weight is 344 g/mol. The first kappa shape index (κ1) is 18.1. The van der Waals surface area contributed by atoms with Crippen LogP contribution >= 0.6 is 0 Å². The molecule has 130 valence electrons. The van der Waals surface area contributed by atoms with E-state index in [9.17, 15) is 14.0 Å². The summed E-state index contributed by atoms with van der Waals surface area (Å²) in [7, 11) is 1.69. The number of nitriles is 1. The molecule has 1 heterocycles. The number of esters is 1. The summed E-state index contributed by atoms with van der Waals surface area (Å²) in [5, 5.41) is 12.7. The number of carbonyl (C=O) groups is 2. The molecule has 0 atom stereocenters. The second-order valence-electron chi connectivity index (χ2n) is 5.27. The van der Waals surface area contributed by atoms with E-state index in [0.29, 0.717) is 11.4 Å². The monoisotopic (exact) mass is 344 g/mol. The number of hydrogen-bond donors (Lipinski definition) is 0. The molecule has 1 amide bonds. The van der Waals surface area contributed by atoms with Crippen molar-refractivity contribution in [2.75, 3.05) is 18.1 Å². The minimum Gasteiger partial charge on any atom is -0.452 e. The van der Waals surface area contributed by atoms with Gasteiger partial charge in [-0.2, -0.15) is 10.4 Å². The fourth-order valence-electron chi connectivity index (χ4n) is 2.16. The third kappa shape index (κ3) is 4.41. The highest BCUT2D eigenvalue weighted by atomic mass is 19.1. The SMILES string of the molecule is Cc1c(C(=O)OCC(=O)N(CCC#N)c2ccc(F)cc2)cnn1C. The molecule has 0 fully saturated rings. The molecule has 0 unspecified atom stereocenters. The zero-order valence-corrected chi connectivity index (χ0v) is 13.9. The summed E-state index contributed by atoms with van der Waals surface area (Å²) in [6, 6.07) is 7.24. The Balaban J connectivity index is 2.06. The molecule has 7 nitrogen and oxygen atoms in total. The van der Waals surface area contributed by atoms with Crippen LogP contribution in [-0.2, 0) is 16.6 Å². The van der Waals surface area contributed by atoms with Crippen molar-refractivity contribution in [1.29, 1.82) is 5.26 Å². The Morgan fingerprint density at radius 1 is 1.36 bits per heavy atom. The highest BCUT2D eigenvalue weighted by Crippen LogP contribution is 2.16. The number of anilines is 1. The molecule has 2 aromatic rings. The molecule has 8 heteroatoms. The number of nitrogens with zero attached hydrogens (tertiary/aromatic N) is 4. The first-order valence-corrected chi connectivity index (χ1v) is 7.52. The van der Waals surface area contributed by atoms with Gasteiger partial charge >= 0.3 is 5.97 Å². The van der Waals surface area contributed by atoms with E-state index in [2.05, 4.69) is 5.10 Å². The molecule has 2 rings (SSSR count). The fourth-order valence-corrected chi connectivity index (χ4v) is 2.16. The molecular formula is C17H17FN4O3. The van der Waals surface area contributed by atoms with Crippen LogP contribution < -0.4 is 4.90 Å². The smallest absolute Gasteiger partial charge is 0.342 e. The van der Waals surface area contributed by atoms with Crippen molar-refractivity contribution in [3.63, 3.8) is 0 Å². The lowest BCUT2D eigenvalue weighted by Crippen LogP contribution is -2.35. The Labute approximate surface area is 144 Å². The van der Waals surface area contributed by atoms with Crippen LogP contribution in [0.4, 0.5) is 10.1 Å². The first-order chi connectivity index (χ1) is 11.9. The topological polar surface area (TPSA) is 88.2 Å². The van der Waals surface area contributed by atoms with Gasteiger partial charge in [0.15, 0.2) is 6.61 Å². The number of ether oxygens (including phenoxy) is 1. The molecular weight excluding hydrogens is 327 g/mol. The Morgan fingerprint density at radius 3 is 2.60 bits per heavy atom. The maximum Gasteiger partial charge on any atom is 0.342 e. The summed E-state index contributed by atoms with van der Waals surface area (Å²) in [6.07, 6.45) is 1.47. The summed E-state index contributed by atoms with van der Waals surface area (Å²) in [5.74, 6) is -1.59. The van der Waals surface area contributed by atoms with Gasteiger partial charge in [0.2, 0.25) is 0 Å². The van der Waals surface area contributed by atoms with Crippen LogP contribution in [0.25, 0.3) is 0 Å². The molecule has 0 aliphatic carbocycles. The van der Waals surface area contributed by atoms with E-state index in [1.54, 1.807) is 14.0 Å². The zero-order valence-electron chi connectivity index (χ0n) is 13.9. The summed E-state index contributed by atoms with van der Waals surface area (Å²) < 4.78 is 19.6. The van der Waals surface area contributed by atoms with Crippen LogP contribution in [0.2, 0.25) is 0 Å². The number of carbonyl (C=O) groups excluding carboxylic acids is 2. The Morgan fingerprint density at radius 2 is 2.04 bits per heavy atom. The molecule has 0 aliphatic rings. The lowest BCUT2D eigenvalue weighted by molar-refractivity contribution is -0.121. The predicted octanol–water partition coefficient (Wildman–Crippen LogP) is 1.97. The highest BCUT2D eigenvalue weighted by molar-refractivity contribution is 5.97. The van der Waals surface area contributed by atoms with E-state index in [4.69, 9.17) is 10.00 Å². The van der Waals surface area contributed by atoms with Crippen LogP contribution in [0.1, 0.15) is 22.5 Å². The van der Waals surface area contributed by atoms with Crippen LogP contribution in [0.5, 0.6) is 0 Å². The van der Waals surface area contributed by atoms with Gasteiger partial charge < -0.3 is 9.64 Å². The molecule has 1 aromatic heterocycles. The molecule has 0 N–H and O–H groups in total. The maximum absolute atomic E-state index is 13.1. The van der Waals surface area contributed by atoms with E-state index >= 15 is 0 Å². The number of benzene rings is 1. The van der Waals surface area contributed by atoms with Gasteiger partial charge in [0.1, 0.15) is 11.4 Å². The van der Waals surface area contributed by atoms with Gasteiger partial charge in [0.25, 0.3) is 5.91 Å². The van der Waals surface area contributed by atoms with Crippen molar-refractivity contribution < 1.29 is 18.7 Å². The lowest BCUT2D eigenvalue weighted by atomic mass is 10.2. The van der Waals surface area contributed by atoms with Crippen LogP contribution in [0, 0.1) is 24.1 Å². The Kier molecular flexibility index (Phi) is 5.84. The van der Waals surface area contributed by atoms with E-state index in [0.717, 1.165) is 0 Å². The minimum atomic E-state index is -0.654. The number of amides is 1. The van der Waals surface area contributed by atoms with E-state index < -0.39 is 24.3 Å². The number of halogens is 1. The summed E-state index contributed by atoms with van der Waals surface area (Å²) >= 11 is 0. The number of hydrogen-bond acceptors (Lipinski definition) is 5. The van der Waals surface area contributed by atoms with Crippen LogP contribution in [0.15, 0.2) is 30.5 Å². The predicted molar refractivity (Wildman–Crippen MR) is 87.2 cm³/mol. The zero-order chi connectivity index (χ0) is 18.4. The largest absolute Gasteiger partial charge is 0.452 e. The van der Waals surface area contributed by atoms with Gasteiger partial charge in [0, 0.05) is 25.0 Å². The van der Waals surface area contributed by atoms with Crippen molar-refractivity contribution in [1.82, 2.24) is 9.78 Å². The quantitative estimate of drug-likeness (QED) is 0.748. The van der Waals surface area contributed by atoms with Gasteiger partial charge in [-0.1, -0.05) is 0 Å². The third-order valence-electron chi connectivity index (χ3n) is 3.67. The average Bonchev–Trinajstić information content (AvgIpc) is 2.94. The van der Waals surface area contributed by atoms with E-state index in [1.807, 2.05) is 6.07 Å². The summed E-state index contributed by atoms with van der Waals surface area (Å²) in [4.78, 5) is 25.7. The molecule has 0 aliphatic heterocycles. The van der Waals surface area contributed by atoms with Gasteiger partial charge in [-0.25, -0.2) is 9.18 Å². The molecule has 0 saturated carbocycles. The van der Waals surface area contributed by atoms with Gasteiger partial charge in [-0.05, 0) is 31.2 Å². The maximum atomic E-state index is 13.1. The van der Waals surface area contributed by atoms with Crippen molar-refractivity contribution in [2.45, 2.75) is 13.3 Å². The highest BCUT2D eigenvalue weighted by Gasteiger charge is 2.20. The number of rotatable bonds is 6. The van der Waals surface area contributed by atoms with Gasteiger partial charge in [-0.15, -0.1) is 0 Å². The first-order valence-electron chi connectivity index (χ1n) is 7.52. The van der Waals surface area contributed by atoms with Crippen molar-refractivity contribution >= 4 is 17.6 Å². The second kappa shape index (κ2) is 8.06. The molecule has 0 radical (unpaired) electrons. The van der Waals surface area contributed by atoms with Gasteiger partial charge in [-0.3, -0.25) is 9.48 Å². The molecule has 1 aromatic carbocycles. The lowest BCUT2D eigenvalue weighted by Gasteiger charge is -2.21. The molecule has 25 heavy (non-hydrogen) atoms. The van der Waals surface area contributed by atoms with E-state index in [1.165, 1.54) is 40.0 Å². The Hall–Kier alpha value is -3.21. The van der Waals surface area contributed by atoms with Gasteiger partial charge in [0.05, 0.1) is 18.7 Å². The summed E-state index contributed by atoms with van der Waals surface area (Å²) in [6.45, 7) is 1.34. The minimum absolute atomic E-state index is 0.0960.